The third-order valence-corrected chi connectivity index (χ3v) is 2.99. The zero-order valence-electron chi connectivity index (χ0n) is 13.3. The van der Waals surface area contributed by atoms with Crippen LogP contribution in [-0.2, 0) is 14.3 Å². The quantitative estimate of drug-likeness (QED) is 0.490. The normalized spacial score (nSPS) is 11.1. The van der Waals surface area contributed by atoms with E-state index in [2.05, 4.69) is 4.90 Å². The molecule has 6 heteroatoms. The summed E-state index contributed by atoms with van der Waals surface area (Å²) in [6.07, 6.45) is 0.833. The third kappa shape index (κ3) is 10.1. The first-order valence-electron chi connectivity index (χ1n) is 7.47. The predicted octanol–water partition coefficient (Wildman–Crippen LogP) is 0.169. The SMILES string of the molecule is CCOCCN(CCOCC)CC(=O)N(C)CCCN. The molecule has 0 radical (unpaired) electrons. The van der Waals surface area contributed by atoms with Gasteiger partial charge < -0.3 is 20.1 Å². The van der Waals surface area contributed by atoms with Gasteiger partial charge in [-0.2, -0.15) is 0 Å². The third-order valence-electron chi connectivity index (χ3n) is 2.99. The summed E-state index contributed by atoms with van der Waals surface area (Å²) in [4.78, 5) is 15.9. The van der Waals surface area contributed by atoms with E-state index in [4.69, 9.17) is 15.2 Å². The number of hydrogen-bond donors (Lipinski definition) is 1. The van der Waals surface area contributed by atoms with Crippen LogP contribution in [0, 0.1) is 0 Å². The molecular weight excluding hydrogens is 258 g/mol. The molecule has 0 heterocycles. The molecule has 0 aliphatic carbocycles. The molecule has 0 aromatic carbocycles. The lowest BCUT2D eigenvalue weighted by atomic mass is 10.3. The maximum absolute atomic E-state index is 12.1. The van der Waals surface area contributed by atoms with Crippen LogP contribution in [0.4, 0.5) is 0 Å². The van der Waals surface area contributed by atoms with Crippen LogP contribution in [0.1, 0.15) is 20.3 Å². The Morgan fingerprint density at radius 2 is 1.60 bits per heavy atom. The molecule has 0 aliphatic heterocycles. The van der Waals surface area contributed by atoms with Crippen LogP contribution in [-0.4, -0.2) is 81.9 Å². The number of carbonyl (C=O) groups excluding carboxylic acids is 1. The van der Waals surface area contributed by atoms with E-state index < -0.39 is 0 Å². The molecule has 1 amide bonds. The Balaban J connectivity index is 4.12. The van der Waals surface area contributed by atoms with E-state index in [9.17, 15) is 4.79 Å². The minimum absolute atomic E-state index is 0.117. The summed E-state index contributed by atoms with van der Waals surface area (Å²) >= 11 is 0. The molecule has 0 fully saturated rings. The lowest BCUT2D eigenvalue weighted by Crippen LogP contribution is -2.41. The Morgan fingerprint density at radius 3 is 2.05 bits per heavy atom. The molecule has 0 aromatic rings. The molecule has 6 nitrogen and oxygen atoms in total. The zero-order valence-corrected chi connectivity index (χ0v) is 13.3. The minimum Gasteiger partial charge on any atom is -0.380 e. The van der Waals surface area contributed by atoms with Gasteiger partial charge in [0.2, 0.25) is 5.91 Å². The fourth-order valence-corrected chi connectivity index (χ4v) is 1.71. The van der Waals surface area contributed by atoms with Crippen molar-refractivity contribution in [1.29, 1.82) is 0 Å². The van der Waals surface area contributed by atoms with E-state index in [1.807, 2.05) is 20.9 Å². The summed E-state index contributed by atoms with van der Waals surface area (Å²) in [7, 11) is 1.82. The summed E-state index contributed by atoms with van der Waals surface area (Å²) in [6, 6.07) is 0. The van der Waals surface area contributed by atoms with Gasteiger partial charge in [0.15, 0.2) is 0 Å². The van der Waals surface area contributed by atoms with Crippen molar-refractivity contribution in [1.82, 2.24) is 9.80 Å². The predicted molar refractivity (Wildman–Crippen MR) is 80.7 cm³/mol. The van der Waals surface area contributed by atoms with Gasteiger partial charge in [-0.25, -0.2) is 0 Å². The molecule has 0 saturated heterocycles. The van der Waals surface area contributed by atoms with Gasteiger partial charge in [-0.3, -0.25) is 9.69 Å². The summed E-state index contributed by atoms with van der Waals surface area (Å²) in [6.45, 7) is 9.83. The molecule has 0 spiro atoms. The van der Waals surface area contributed by atoms with Crippen molar-refractivity contribution < 1.29 is 14.3 Å². The highest BCUT2D eigenvalue weighted by Crippen LogP contribution is 1.95. The zero-order chi connectivity index (χ0) is 15.2. The summed E-state index contributed by atoms with van der Waals surface area (Å²) in [5.74, 6) is 0.117. The van der Waals surface area contributed by atoms with Crippen LogP contribution in [0.15, 0.2) is 0 Å². The topological polar surface area (TPSA) is 68.0 Å². The molecule has 0 bridgehead atoms. The van der Waals surface area contributed by atoms with Crippen molar-refractivity contribution in [2.45, 2.75) is 20.3 Å². The summed E-state index contributed by atoms with van der Waals surface area (Å²) in [5, 5.41) is 0. The number of ether oxygens (including phenoxy) is 2. The van der Waals surface area contributed by atoms with Gasteiger partial charge in [0, 0.05) is 39.9 Å². The number of nitrogens with two attached hydrogens (primary N) is 1. The lowest BCUT2D eigenvalue weighted by molar-refractivity contribution is -0.131. The number of hydrogen-bond acceptors (Lipinski definition) is 5. The molecular formula is C14H31N3O3. The average molecular weight is 289 g/mol. The number of nitrogens with zero attached hydrogens (tertiary/aromatic N) is 2. The molecule has 120 valence electrons. The molecule has 0 atom stereocenters. The Kier molecular flexibility index (Phi) is 12.8. The Hall–Kier alpha value is -0.690. The number of likely N-dealkylation sites (N-methyl/N-ethyl adjacent to an activating group) is 1. The highest BCUT2D eigenvalue weighted by molar-refractivity contribution is 5.77. The molecule has 0 aromatic heterocycles. The average Bonchev–Trinajstić information content (AvgIpc) is 2.44. The van der Waals surface area contributed by atoms with Gasteiger partial charge in [-0.1, -0.05) is 0 Å². The summed E-state index contributed by atoms with van der Waals surface area (Å²) < 4.78 is 10.7. The van der Waals surface area contributed by atoms with Crippen LogP contribution in [0.3, 0.4) is 0 Å². The molecule has 0 aliphatic rings. The number of amides is 1. The van der Waals surface area contributed by atoms with Crippen molar-refractivity contribution in [2.75, 3.05) is 66.2 Å². The highest BCUT2D eigenvalue weighted by Gasteiger charge is 2.14. The summed E-state index contributed by atoms with van der Waals surface area (Å²) in [5.41, 5.74) is 5.46. The second-order valence-corrected chi connectivity index (χ2v) is 4.63. The van der Waals surface area contributed by atoms with E-state index in [-0.39, 0.29) is 5.91 Å². The monoisotopic (exact) mass is 289 g/mol. The molecule has 0 saturated carbocycles. The van der Waals surface area contributed by atoms with Crippen molar-refractivity contribution >= 4 is 5.91 Å². The van der Waals surface area contributed by atoms with Gasteiger partial charge in [0.25, 0.3) is 0 Å². The maximum Gasteiger partial charge on any atom is 0.236 e. The standard InChI is InChI=1S/C14H31N3O3/c1-4-19-11-9-17(10-12-20-5-2)13-14(18)16(3)8-6-7-15/h4-13,15H2,1-3H3. The maximum atomic E-state index is 12.1. The molecule has 20 heavy (non-hydrogen) atoms. The van der Waals surface area contributed by atoms with Crippen LogP contribution in [0.5, 0.6) is 0 Å². The minimum atomic E-state index is 0.117. The van der Waals surface area contributed by atoms with E-state index in [0.29, 0.717) is 46.1 Å². The van der Waals surface area contributed by atoms with Crippen LogP contribution in [0.2, 0.25) is 0 Å². The van der Waals surface area contributed by atoms with Gasteiger partial charge in [-0.15, -0.1) is 0 Å². The second kappa shape index (κ2) is 13.3. The van der Waals surface area contributed by atoms with E-state index in [1.165, 1.54) is 0 Å². The van der Waals surface area contributed by atoms with Crippen LogP contribution in [0.25, 0.3) is 0 Å². The van der Waals surface area contributed by atoms with Gasteiger partial charge in [0.05, 0.1) is 19.8 Å². The van der Waals surface area contributed by atoms with Crippen molar-refractivity contribution in [3.8, 4) is 0 Å². The molecule has 0 rings (SSSR count). The molecule has 2 N–H and O–H groups in total. The van der Waals surface area contributed by atoms with E-state index >= 15 is 0 Å². The Morgan fingerprint density at radius 1 is 1.05 bits per heavy atom. The van der Waals surface area contributed by atoms with E-state index in [0.717, 1.165) is 19.5 Å². The number of rotatable bonds is 13. The largest absolute Gasteiger partial charge is 0.380 e. The fourth-order valence-electron chi connectivity index (χ4n) is 1.71. The highest BCUT2D eigenvalue weighted by atomic mass is 16.5. The first kappa shape index (κ1) is 19.3. The lowest BCUT2D eigenvalue weighted by Gasteiger charge is -2.25. The first-order chi connectivity index (χ1) is 9.65. The van der Waals surface area contributed by atoms with Gasteiger partial charge >= 0.3 is 0 Å². The van der Waals surface area contributed by atoms with Crippen molar-refractivity contribution in [2.24, 2.45) is 5.73 Å². The van der Waals surface area contributed by atoms with Crippen molar-refractivity contribution in [3.05, 3.63) is 0 Å². The number of carbonyl (C=O) groups is 1. The Bertz CT molecular complexity index is 230. The van der Waals surface area contributed by atoms with Crippen LogP contribution >= 0.6 is 0 Å². The van der Waals surface area contributed by atoms with Gasteiger partial charge in [0.1, 0.15) is 0 Å². The molecule has 0 unspecified atom stereocenters. The van der Waals surface area contributed by atoms with Crippen molar-refractivity contribution in [3.63, 3.8) is 0 Å². The fraction of sp³-hybridized carbons (Fsp3) is 0.929. The Labute approximate surface area is 123 Å². The van der Waals surface area contributed by atoms with E-state index in [1.54, 1.807) is 4.90 Å². The van der Waals surface area contributed by atoms with Gasteiger partial charge in [-0.05, 0) is 26.8 Å². The van der Waals surface area contributed by atoms with Crippen LogP contribution < -0.4 is 5.73 Å². The second-order valence-electron chi connectivity index (χ2n) is 4.63. The first-order valence-corrected chi connectivity index (χ1v) is 7.47. The smallest absolute Gasteiger partial charge is 0.236 e.